The van der Waals surface area contributed by atoms with Gasteiger partial charge in [-0.3, -0.25) is 10.6 Å². The second-order valence-electron chi connectivity index (χ2n) is 4.91. The van der Waals surface area contributed by atoms with E-state index in [0.717, 1.165) is 4.88 Å². The van der Waals surface area contributed by atoms with Crippen LogP contribution in [0.15, 0.2) is 35.7 Å². The molecule has 6 heteroatoms. The molecule has 3 N–H and O–H groups in total. The summed E-state index contributed by atoms with van der Waals surface area (Å²) in [5, 5.41) is 1.97. The predicted molar refractivity (Wildman–Crippen MR) is 83.5 cm³/mol. The number of carbonyl (C=O) groups is 1. The molecule has 0 aliphatic rings. The summed E-state index contributed by atoms with van der Waals surface area (Å²) in [6.45, 7) is 4.36. The van der Waals surface area contributed by atoms with Crippen molar-refractivity contribution in [2.75, 3.05) is 5.43 Å². The van der Waals surface area contributed by atoms with Gasteiger partial charge in [0.1, 0.15) is 5.82 Å². The third kappa shape index (κ3) is 3.40. The highest BCUT2D eigenvalue weighted by Gasteiger charge is 2.23. The van der Waals surface area contributed by atoms with Crippen molar-refractivity contribution in [2.45, 2.75) is 26.4 Å². The summed E-state index contributed by atoms with van der Waals surface area (Å²) in [6.07, 6.45) is 0. The zero-order valence-corrected chi connectivity index (χ0v) is 12.8. The minimum absolute atomic E-state index is 0.00603. The molecule has 2 aromatic rings. The summed E-state index contributed by atoms with van der Waals surface area (Å²) in [7, 11) is 0. The Balaban J connectivity index is 2.33. The van der Waals surface area contributed by atoms with Crippen LogP contribution >= 0.6 is 11.3 Å². The first-order chi connectivity index (χ1) is 10.0. The first-order valence-electron chi connectivity index (χ1n) is 6.63. The number of para-hydroxylation sites is 1. The van der Waals surface area contributed by atoms with E-state index < -0.39 is 5.82 Å². The van der Waals surface area contributed by atoms with E-state index in [1.54, 1.807) is 22.3 Å². The molecule has 0 aliphatic heterocycles. The largest absolute Gasteiger partial charge is 0.331 e. The molecule has 0 atom stereocenters. The van der Waals surface area contributed by atoms with E-state index >= 15 is 0 Å². The van der Waals surface area contributed by atoms with E-state index in [1.807, 2.05) is 31.4 Å². The van der Waals surface area contributed by atoms with Crippen LogP contribution in [0.25, 0.3) is 0 Å². The SMILES string of the molecule is CC(C)N(Cc1cccs1)C(=O)c1cccc(F)c1NN. The number of carbonyl (C=O) groups excluding carboxylic acids is 1. The Labute approximate surface area is 127 Å². The van der Waals surface area contributed by atoms with Gasteiger partial charge in [-0.2, -0.15) is 0 Å². The second kappa shape index (κ2) is 6.69. The minimum Gasteiger partial charge on any atom is -0.331 e. The number of benzene rings is 1. The molecule has 0 radical (unpaired) electrons. The molecule has 0 spiro atoms. The van der Waals surface area contributed by atoms with E-state index in [9.17, 15) is 9.18 Å². The molecule has 1 aromatic carbocycles. The van der Waals surface area contributed by atoms with Crippen LogP contribution in [0.2, 0.25) is 0 Å². The topological polar surface area (TPSA) is 58.4 Å². The second-order valence-corrected chi connectivity index (χ2v) is 5.95. The van der Waals surface area contributed by atoms with Crippen LogP contribution in [-0.2, 0) is 6.54 Å². The summed E-state index contributed by atoms with van der Waals surface area (Å²) in [6, 6.07) is 8.26. The molecular weight excluding hydrogens is 289 g/mol. The van der Waals surface area contributed by atoms with E-state index in [2.05, 4.69) is 5.43 Å². The number of anilines is 1. The molecule has 4 nitrogen and oxygen atoms in total. The van der Waals surface area contributed by atoms with Crippen LogP contribution < -0.4 is 11.3 Å². The number of nitrogens with zero attached hydrogens (tertiary/aromatic N) is 1. The molecule has 0 aliphatic carbocycles. The summed E-state index contributed by atoms with van der Waals surface area (Å²) in [4.78, 5) is 15.5. The van der Waals surface area contributed by atoms with Gasteiger partial charge in [0, 0.05) is 10.9 Å². The summed E-state index contributed by atoms with van der Waals surface area (Å²) in [5.41, 5.74) is 2.54. The van der Waals surface area contributed by atoms with Crippen molar-refractivity contribution in [2.24, 2.45) is 5.84 Å². The Morgan fingerprint density at radius 2 is 2.14 bits per heavy atom. The van der Waals surface area contributed by atoms with Gasteiger partial charge in [0.2, 0.25) is 0 Å². The zero-order chi connectivity index (χ0) is 15.4. The number of hydrogen-bond acceptors (Lipinski definition) is 4. The fourth-order valence-electron chi connectivity index (χ4n) is 2.06. The summed E-state index contributed by atoms with van der Waals surface area (Å²) in [5.74, 6) is 4.56. The van der Waals surface area contributed by atoms with Crippen LogP contribution in [0, 0.1) is 5.82 Å². The van der Waals surface area contributed by atoms with Gasteiger partial charge in [-0.25, -0.2) is 4.39 Å². The van der Waals surface area contributed by atoms with Gasteiger partial charge in [0.25, 0.3) is 5.91 Å². The van der Waals surface area contributed by atoms with Crippen molar-refractivity contribution in [3.8, 4) is 0 Å². The first-order valence-corrected chi connectivity index (χ1v) is 7.51. The smallest absolute Gasteiger partial charge is 0.256 e. The molecule has 0 unspecified atom stereocenters. The molecular formula is C15H18FN3OS. The molecule has 112 valence electrons. The lowest BCUT2D eigenvalue weighted by Crippen LogP contribution is -2.36. The van der Waals surface area contributed by atoms with E-state index in [0.29, 0.717) is 6.54 Å². The zero-order valence-electron chi connectivity index (χ0n) is 12.0. The maximum absolute atomic E-state index is 13.7. The number of rotatable bonds is 5. The molecule has 21 heavy (non-hydrogen) atoms. The standard InChI is InChI=1S/C15H18FN3OS/c1-10(2)19(9-11-5-4-8-21-11)15(20)12-6-3-7-13(16)14(12)18-17/h3-8,10,18H,9,17H2,1-2H3. The fourth-order valence-corrected chi connectivity index (χ4v) is 2.77. The van der Waals surface area contributed by atoms with E-state index in [1.165, 1.54) is 12.1 Å². The number of nitrogens with two attached hydrogens (primary N) is 1. The molecule has 1 aromatic heterocycles. The Bertz CT molecular complexity index is 613. The van der Waals surface area contributed by atoms with Crippen molar-refractivity contribution in [1.82, 2.24) is 4.90 Å². The van der Waals surface area contributed by atoms with Crippen molar-refractivity contribution in [3.05, 3.63) is 52.0 Å². The van der Waals surface area contributed by atoms with Crippen molar-refractivity contribution in [1.29, 1.82) is 0 Å². The molecule has 1 heterocycles. The molecule has 0 bridgehead atoms. The summed E-state index contributed by atoms with van der Waals surface area (Å²) < 4.78 is 13.7. The Hall–Kier alpha value is -1.92. The normalized spacial score (nSPS) is 10.7. The van der Waals surface area contributed by atoms with Crippen LogP contribution in [0.1, 0.15) is 29.1 Å². The molecule has 2 rings (SSSR count). The number of nitrogen functional groups attached to an aromatic ring is 1. The van der Waals surface area contributed by atoms with Gasteiger partial charge in [-0.05, 0) is 37.4 Å². The molecule has 0 fully saturated rings. The van der Waals surface area contributed by atoms with Gasteiger partial charge in [-0.15, -0.1) is 11.3 Å². The molecule has 0 saturated heterocycles. The highest BCUT2D eigenvalue weighted by Crippen LogP contribution is 2.23. The first kappa shape index (κ1) is 15.5. The third-order valence-electron chi connectivity index (χ3n) is 3.18. The predicted octanol–water partition coefficient (Wildman–Crippen LogP) is 3.22. The number of hydrogen-bond donors (Lipinski definition) is 2. The number of thiophene rings is 1. The van der Waals surface area contributed by atoms with Gasteiger partial charge < -0.3 is 10.3 Å². The fraction of sp³-hybridized carbons (Fsp3) is 0.267. The monoisotopic (exact) mass is 307 g/mol. The average Bonchev–Trinajstić information content (AvgIpc) is 2.96. The quantitative estimate of drug-likeness (QED) is 0.658. The van der Waals surface area contributed by atoms with Crippen LogP contribution in [0.5, 0.6) is 0 Å². The van der Waals surface area contributed by atoms with Crippen LogP contribution in [-0.4, -0.2) is 16.8 Å². The van der Waals surface area contributed by atoms with Gasteiger partial charge in [0.05, 0.1) is 17.8 Å². The van der Waals surface area contributed by atoms with E-state index in [-0.39, 0.29) is 23.2 Å². The van der Waals surface area contributed by atoms with Gasteiger partial charge >= 0.3 is 0 Å². The summed E-state index contributed by atoms with van der Waals surface area (Å²) >= 11 is 1.59. The van der Waals surface area contributed by atoms with Crippen molar-refractivity contribution < 1.29 is 9.18 Å². The number of halogens is 1. The lowest BCUT2D eigenvalue weighted by Gasteiger charge is -2.27. The number of amides is 1. The highest BCUT2D eigenvalue weighted by atomic mass is 32.1. The van der Waals surface area contributed by atoms with Gasteiger partial charge in [-0.1, -0.05) is 12.1 Å². The number of hydrazine groups is 1. The van der Waals surface area contributed by atoms with Crippen molar-refractivity contribution >= 4 is 22.9 Å². The highest BCUT2D eigenvalue weighted by molar-refractivity contribution is 7.09. The minimum atomic E-state index is -0.539. The molecule has 0 saturated carbocycles. The Morgan fingerprint density at radius 1 is 1.38 bits per heavy atom. The molecule has 1 amide bonds. The third-order valence-corrected chi connectivity index (χ3v) is 4.04. The lowest BCUT2D eigenvalue weighted by atomic mass is 10.1. The Kier molecular flexibility index (Phi) is 4.93. The van der Waals surface area contributed by atoms with Gasteiger partial charge in [0.15, 0.2) is 0 Å². The van der Waals surface area contributed by atoms with E-state index in [4.69, 9.17) is 5.84 Å². The number of nitrogens with one attached hydrogen (secondary N) is 1. The maximum Gasteiger partial charge on any atom is 0.256 e. The Morgan fingerprint density at radius 3 is 2.71 bits per heavy atom. The van der Waals surface area contributed by atoms with Crippen molar-refractivity contribution in [3.63, 3.8) is 0 Å². The lowest BCUT2D eigenvalue weighted by molar-refractivity contribution is 0.0693. The van der Waals surface area contributed by atoms with Crippen LogP contribution in [0.4, 0.5) is 10.1 Å². The average molecular weight is 307 g/mol. The van der Waals surface area contributed by atoms with Crippen LogP contribution in [0.3, 0.4) is 0 Å². The maximum atomic E-state index is 13.7.